The van der Waals surface area contributed by atoms with E-state index in [9.17, 15) is 19.0 Å². The number of nitrogens with zero attached hydrogens (tertiary/aromatic N) is 5. The molecule has 36 heavy (non-hydrogen) atoms. The van der Waals surface area contributed by atoms with Crippen LogP contribution in [-0.2, 0) is 4.74 Å². The predicted octanol–water partition coefficient (Wildman–Crippen LogP) is 2.01. The lowest BCUT2D eigenvalue weighted by Crippen LogP contribution is -2.33. The topological polar surface area (TPSA) is 138 Å². The molecule has 0 bridgehead atoms. The fraction of sp³-hybridized carbons (Fsp3) is 0.565. The highest BCUT2D eigenvalue weighted by Crippen LogP contribution is 2.44. The first-order valence-electron chi connectivity index (χ1n) is 12.0. The maximum Gasteiger partial charge on any atom is 0.191 e. The minimum atomic E-state index is -1.15. The Morgan fingerprint density at radius 1 is 1.17 bits per heavy atom. The number of thioether (sulfide) groups is 1. The molecule has 2 saturated carbocycles. The molecule has 1 aromatic carbocycles. The summed E-state index contributed by atoms with van der Waals surface area (Å²) in [5.74, 6) is -0.472. The fourth-order valence-corrected chi connectivity index (χ4v) is 5.31. The summed E-state index contributed by atoms with van der Waals surface area (Å²) in [5, 5.41) is 42.5. The van der Waals surface area contributed by atoms with Crippen LogP contribution >= 0.6 is 11.8 Å². The lowest BCUT2D eigenvalue weighted by molar-refractivity contribution is -0.0629. The molecule has 5 rings (SSSR count). The van der Waals surface area contributed by atoms with Crippen molar-refractivity contribution in [2.24, 2.45) is 0 Å². The van der Waals surface area contributed by atoms with Crippen molar-refractivity contribution in [2.75, 3.05) is 24.3 Å². The van der Waals surface area contributed by atoms with Crippen molar-refractivity contribution in [2.45, 2.75) is 67.7 Å². The van der Waals surface area contributed by atoms with E-state index in [2.05, 4.69) is 32.5 Å². The number of halogens is 2. The van der Waals surface area contributed by atoms with E-state index in [1.165, 1.54) is 22.5 Å². The molecular formula is C23H28F2N6O4S. The molecule has 13 heteroatoms. The summed E-state index contributed by atoms with van der Waals surface area (Å²) < 4.78 is 34.0. The second-order valence-corrected chi connectivity index (χ2v) is 10.2. The standard InChI is InChI=1S/C23H28F2N6O4S/c1-2-7-36-23-27-21(26-15-9-12(15)11-3-4-13(24)14(25)8-11)18-22(28-23)31(30-29-18)16-10-17(35-6-5-32)20(34)19(16)33/h3-4,8,12,15-17,19-20,32-34H,2,5-7,9-10H2,1H3,(H,26,27,28)/t12-,15+,16+,17-,19+,20?/m0/s1. The highest BCUT2D eigenvalue weighted by Gasteiger charge is 2.45. The second-order valence-electron chi connectivity index (χ2n) is 9.09. The predicted molar refractivity (Wildman–Crippen MR) is 128 cm³/mol. The molecular weight excluding hydrogens is 494 g/mol. The summed E-state index contributed by atoms with van der Waals surface area (Å²) >= 11 is 1.48. The van der Waals surface area contributed by atoms with E-state index < -0.39 is 36.0 Å². The van der Waals surface area contributed by atoms with Gasteiger partial charge in [0.15, 0.2) is 33.8 Å². The zero-order chi connectivity index (χ0) is 25.4. The van der Waals surface area contributed by atoms with Crippen molar-refractivity contribution < 1.29 is 28.8 Å². The van der Waals surface area contributed by atoms with Crippen LogP contribution in [0.4, 0.5) is 14.6 Å². The van der Waals surface area contributed by atoms with E-state index in [4.69, 9.17) is 9.84 Å². The third-order valence-corrected chi connectivity index (χ3v) is 7.61. The van der Waals surface area contributed by atoms with Crippen LogP contribution in [0.1, 0.15) is 43.7 Å². The van der Waals surface area contributed by atoms with Gasteiger partial charge >= 0.3 is 0 Å². The number of hydrogen-bond acceptors (Lipinski definition) is 10. The van der Waals surface area contributed by atoms with Gasteiger partial charge < -0.3 is 25.4 Å². The molecule has 2 aliphatic rings. The van der Waals surface area contributed by atoms with Gasteiger partial charge in [0.05, 0.1) is 25.4 Å². The van der Waals surface area contributed by atoms with E-state index in [1.807, 2.05) is 0 Å². The summed E-state index contributed by atoms with van der Waals surface area (Å²) in [4.78, 5) is 9.27. The number of hydrogen-bond donors (Lipinski definition) is 4. The molecule has 0 amide bonds. The van der Waals surface area contributed by atoms with E-state index in [1.54, 1.807) is 6.07 Å². The Kier molecular flexibility index (Phi) is 7.35. The number of ether oxygens (including phenoxy) is 1. The van der Waals surface area contributed by atoms with Gasteiger partial charge in [-0.3, -0.25) is 0 Å². The van der Waals surface area contributed by atoms with Crippen molar-refractivity contribution in [1.29, 1.82) is 0 Å². The number of rotatable bonds is 10. The molecule has 0 aliphatic heterocycles. The molecule has 2 heterocycles. The van der Waals surface area contributed by atoms with Crippen molar-refractivity contribution in [1.82, 2.24) is 25.0 Å². The Balaban J connectivity index is 1.43. The maximum absolute atomic E-state index is 13.7. The molecule has 0 radical (unpaired) electrons. The molecule has 0 saturated heterocycles. The fourth-order valence-electron chi connectivity index (χ4n) is 4.61. The number of nitrogens with one attached hydrogen (secondary N) is 1. The first-order valence-corrected chi connectivity index (χ1v) is 13.0. The van der Waals surface area contributed by atoms with Crippen molar-refractivity contribution in [3.8, 4) is 0 Å². The minimum Gasteiger partial charge on any atom is -0.394 e. The lowest BCUT2D eigenvalue weighted by atomic mass is 10.1. The van der Waals surface area contributed by atoms with Gasteiger partial charge in [-0.2, -0.15) is 0 Å². The van der Waals surface area contributed by atoms with Crippen LogP contribution < -0.4 is 5.32 Å². The highest BCUT2D eigenvalue weighted by molar-refractivity contribution is 7.99. The number of fused-ring (bicyclic) bond motifs is 1. The molecule has 3 aromatic rings. The van der Waals surface area contributed by atoms with Gasteiger partial charge in [0.1, 0.15) is 12.2 Å². The zero-order valence-electron chi connectivity index (χ0n) is 19.6. The van der Waals surface area contributed by atoms with Crippen molar-refractivity contribution in [3.63, 3.8) is 0 Å². The van der Waals surface area contributed by atoms with Crippen molar-refractivity contribution >= 4 is 28.7 Å². The Hall–Kier alpha value is -2.45. The number of benzene rings is 1. The summed E-state index contributed by atoms with van der Waals surface area (Å²) in [6.07, 6.45) is -1.04. The van der Waals surface area contributed by atoms with Gasteiger partial charge in [-0.05, 0) is 30.5 Å². The molecule has 6 atom stereocenters. The number of aliphatic hydroxyl groups is 3. The molecule has 4 N–H and O–H groups in total. The van der Waals surface area contributed by atoms with Gasteiger partial charge in [0, 0.05) is 24.1 Å². The number of aromatic nitrogens is 5. The van der Waals surface area contributed by atoms with Gasteiger partial charge in [0.25, 0.3) is 0 Å². The summed E-state index contributed by atoms with van der Waals surface area (Å²) in [5.41, 5.74) is 1.53. The van der Waals surface area contributed by atoms with Crippen LogP contribution in [0, 0.1) is 11.6 Å². The second kappa shape index (κ2) is 10.5. The molecule has 10 nitrogen and oxygen atoms in total. The molecule has 2 aliphatic carbocycles. The van der Waals surface area contributed by atoms with Gasteiger partial charge in [0.2, 0.25) is 0 Å². The van der Waals surface area contributed by atoms with Crippen LogP contribution in [0.5, 0.6) is 0 Å². The van der Waals surface area contributed by atoms with E-state index in [0.29, 0.717) is 27.7 Å². The summed E-state index contributed by atoms with van der Waals surface area (Å²) in [6.45, 7) is 1.91. The first-order chi connectivity index (χ1) is 17.4. The highest BCUT2D eigenvalue weighted by atomic mass is 32.2. The molecule has 0 spiro atoms. The zero-order valence-corrected chi connectivity index (χ0v) is 20.4. The lowest BCUT2D eigenvalue weighted by Gasteiger charge is -2.17. The Labute approximate surface area is 210 Å². The largest absolute Gasteiger partial charge is 0.394 e. The summed E-state index contributed by atoms with van der Waals surface area (Å²) in [7, 11) is 0. The van der Waals surface area contributed by atoms with E-state index in [0.717, 1.165) is 24.7 Å². The molecule has 1 unspecified atom stereocenters. The minimum absolute atomic E-state index is 0.00291. The summed E-state index contributed by atoms with van der Waals surface area (Å²) in [6, 6.07) is 3.26. The third kappa shape index (κ3) is 4.90. The Morgan fingerprint density at radius 3 is 2.75 bits per heavy atom. The van der Waals surface area contributed by atoms with Gasteiger partial charge in [-0.1, -0.05) is 30.0 Å². The van der Waals surface area contributed by atoms with E-state index >= 15 is 0 Å². The van der Waals surface area contributed by atoms with Crippen LogP contribution in [-0.4, -0.2) is 83.6 Å². The van der Waals surface area contributed by atoms with Gasteiger partial charge in [-0.15, -0.1) is 5.10 Å². The smallest absolute Gasteiger partial charge is 0.191 e. The Bertz CT molecular complexity index is 1230. The van der Waals surface area contributed by atoms with Crippen LogP contribution in [0.25, 0.3) is 11.2 Å². The molecule has 2 aromatic heterocycles. The normalized spacial score (nSPS) is 27.6. The van der Waals surface area contributed by atoms with Gasteiger partial charge in [-0.25, -0.2) is 23.4 Å². The van der Waals surface area contributed by atoms with E-state index in [-0.39, 0.29) is 31.6 Å². The average molecular weight is 523 g/mol. The Morgan fingerprint density at radius 2 is 2.00 bits per heavy atom. The molecule has 194 valence electrons. The molecule has 2 fully saturated rings. The van der Waals surface area contributed by atoms with Crippen LogP contribution in [0.2, 0.25) is 0 Å². The van der Waals surface area contributed by atoms with Crippen LogP contribution in [0.3, 0.4) is 0 Å². The third-order valence-electron chi connectivity index (χ3n) is 6.56. The first kappa shape index (κ1) is 25.2. The number of aliphatic hydroxyl groups excluding tert-OH is 3. The quantitative estimate of drug-likeness (QED) is 0.231. The monoisotopic (exact) mass is 522 g/mol. The number of anilines is 1. The SMILES string of the molecule is CCCSc1nc(N[C@@H]2C[C@H]2c2ccc(F)c(F)c2)c2nnn([C@@H]3C[C@H](OCCO)C(O)[C@@H]3O)c2n1. The average Bonchev–Trinajstić information content (AvgIpc) is 3.41. The van der Waals surface area contributed by atoms with Crippen LogP contribution in [0.15, 0.2) is 23.4 Å². The maximum atomic E-state index is 13.7. The van der Waals surface area contributed by atoms with Crippen molar-refractivity contribution in [3.05, 3.63) is 35.4 Å².